The van der Waals surface area contributed by atoms with Gasteiger partial charge in [-0.3, -0.25) is 4.90 Å². The third kappa shape index (κ3) is 3.25. The van der Waals surface area contributed by atoms with E-state index in [-0.39, 0.29) is 12.4 Å². The van der Waals surface area contributed by atoms with E-state index in [4.69, 9.17) is 4.74 Å². The van der Waals surface area contributed by atoms with Crippen LogP contribution in [-0.2, 0) is 6.54 Å². The first kappa shape index (κ1) is 17.1. The average Bonchev–Trinajstić information content (AvgIpc) is 2.53. The van der Waals surface area contributed by atoms with Crippen molar-refractivity contribution in [3.63, 3.8) is 0 Å². The lowest BCUT2D eigenvalue weighted by molar-refractivity contribution is -0.0666. The van der Waals surface area contributed by atoms with Crippen LogP contribution in [0.4, 0.5) is 0 Å². The van der Waals surface area contributed by atoms with Crippen LogP contribution >= 0.6 is 12.4 Å². The molecular weight excluding hydrogens is 306 g/mol. The molecule has 0 aliphatic heterocycles. The highest BCUT2D eigenvalue weighted by Gasteiger charge is 2.49. The van der Waals surface area contributed by atoms with E-state index in [0.29, 0.717) is 0 Å². The molecule has 4 saturated carbocycles. The largest absolute Gasteiger partial charge is 0.497 e. The Hall–Kier alpha value is -0.730. The number of benzene rings is 1. The molecule has 5 rings (SSSR count). The van der Waals surface area contributed by atoms with Gasteiger partial charge >= 0.3 is 0 Å². The van der Waals surface area contributed by atoms with Crippen molar-refractivity contribution in [1.29, 1.82) is 0 Å². The highest BCUT2D eigenvalue weighted by atomic mass is 35.5. The summed E-state index contributed by atoms with van der Waals surface area (Å²) in [7, 11) is 1.74. The van der Waals surface area contributed by atoms with Crippen molar-refractivity contribution < 1.29 is 4.74 Å². The van der Waals surface area contributed by atoms with Crippen molar-refractivity contribution >= 4 is 12.4 Å². The Morgan fingerprint density at radius 1 is 0.957 bits per heavy atom. The number of ether oxygens (including phenoxy) is 1. The highest BCUT2D eigenvalue weighted by molar-refractivity contribution is 5.85. The lowest BCUT2D eigenvalue weighted by Crippen LogP contribution is -2.55. The second-order valence-electron chi connectivity index (χ2n) is 7.83. The maximum absolute atomic E-state index is 5.28. The topological polar surface area (TPSA) is 12.5 Å². The first-order valence-electron chi connectivity index (χ1n) is 9.13. The van der Waals surface area contributed by atoms with Crippen LogP contribution in [0, 0.1) is 23.7 Å². The molecule has 4 aliphatic rings. The Balaban J connectivity index is 0.00000156. The number of hydrogen-bond acceptors (Lipinski definition) is 2. The molecule has 0 amide bonds. The third-order valence-electron chi connectivity index (χ3n) is 6.55. The van der Waals surface area contributed by atoms with Crippen molar-refractivity contribution in [3.05, 3.63) is 29.8 Å². The lowest BCUT2D eigenvalue weighted by Gasteiger charge is -2.57. The minimum Gasteiger partial charge on any atom is -0.497 e. The van der Waals surface area contributed by atoms with E-state index in [2.05, 4.69) is 36.1 Å². The van der Waals surface area contributed by atoms with Crippen LogP contribution in [0.1, 0.15) is 44.6 Å². The minimum absolute atomic E-state index is 0. The molecule has 23 heavy (non-hydrogen) atoms. The molecule has 0 radical (unpaired) electrons. The van der Waals surface area contributed by atoms with E-state index >= 15 is 0 Å². The van der Waals surface area contributed by atoms with Crippen LogP contribution in [0.5, 0.6) is 5.75 Å². The molecule has 0 saturated heterocycles. The lowest BCUT2D eigenvalue weighted by atomic mass is 9.54. The summed E-state index contributed by atoms with van der Waals surface area (Å²) in [5.74, 6) is 5.06. The van der Waals surface area contributed by atoms with E-state index in [1.165, 1.54) is 37.8 Å². The maximum atomic E-state index is 5.28. The first-order chi connectivity index (χ1) is 10.8. The number of rotatable bonds is 5. The van der Waals surface area contributed by atoms with Crippen molar-refractivity contribution in [2.45, 2.75) is 51.6 Å². The Labute approximate surface area is 147 Å². The van der Waals surface area contributed by atoms with Gasteiger partial charge in [-0.25, -0.2) is 0 Å². The fourth-order valence-corrected chi connectivity index (χ4v) is 5.89. The summed E-state index contributed by atoms with van der Waals surface area (Å²) in [6, 6.07) is 9.51. The third-order valence-corrected chi connectivity index (χ3v) is 6.55. The molecule has 4 fully saturated rings. The number of methoxy groups -OCH3 is 1. The van der Waals surface area contributed by atoms with Crippen LogP contribution in [0.3, 0.4) is 0 Å². The van der Waals surface area contributed by atoms with Crippen LogP contribution in [0.25, 0.3) is 0 Å². The van der Waals surface area contributed by atoms with Crippen molar-refractivity contribution in [1.82, 2.24) is 4.90 Å². The van der Waals surface area contributed by atoms with Gasteiger partial charge in [-0.05, 0) is 80.0 Å². The zero-order valence-corrected chi connectivity index (χ0v) is 15.2. The van der Waals surface area contributed by atoms with Gasteiger partial charge < -0.3 is 4.74 Å². The predicted molar refractivity (Wildman–Crippen MR) is 97.2 cm³/mol. The Kier molecular flexibility index (Phi) is 5.22. The fourth-order valence-electron chi connectivity index (χ4n) is 5.89. The zero-order valence-electron chi connectivity index (χ0n) is 14.4. The first-order valence-corrected chi connectivity index (χ1v) is 9.13. The van der Waals surface area contributed by atoms with Crippen LogP contribution in [0.2, 0.25) is 0 Å². The molecule has 1 aromatic rings. The Bertz CT molecular complexity index is 487. The summed E-state index contributed by atoms with van der Waals surface area (Å²) >= 11 is 0. The smallest absolute Gasteiger partial charge is 0.118 e. The second kappa shape index (κ2) is 7.03. The van der Waals surface area contributed by atoms with Crippen molar-refractivity contribution in [3.8, 4) is 5.75 Å². The zero-order chi connectivity index (χ0) is 15.1. The van der Waals surface area contributed by atoms with Gasteiger partial charge in [0.2, 0.25) is 0 Å². The Morgan fingerprint density at radius 2 is 1.52 bits per heavy atom. The summed E-state index contributed by atoms with van der Waals surface area (Å²) in [5.41, 5.74) is 1.43. The van der Waals surface area contributed by atoms with E-state index in [1.807, 2.05) is 0 Å². The molecule has 0 heterocycles. The summed E-state index contributed by atoms with van der Waals surface area (Å²) in [6.07, 6.45) is 7.59. The summed E-state index contributed by atoms with van der Waals surface area (Å²) in [6.45, 7) is 4.63. The van der Waals surface area contributed by atoms with Crippen LogP contribution in [-0.4, -0.2) is 24.6 Å². The normalized spacial score (nSPS) is 34.5. The van der Waals surface area contributed by atoms with Crippen molar-refractivity contribution in [2.75, 3.05) is 13.7 Å². The summed E-state index contributed by atoms with van der Waals surface area (Å²) in [4.78, 5) is 2.77. The van der Waals surface area contributed by atoms with E-state index < -0.39 is 0 Å². The van der Waals surface area contributed by atoms with E-state index in [0.717, 1.165) is 42.0 Å². The van der Waals surface area contributed by atoms with Crippen LogP contribution < -0.4 is 4.74 Å². The fraction of sp³-hybridized carbons (Fsp3) is 0.700. The standard InChI is InChI=1S/C20H29NO.ClH/c1-3-21(13-14-4-6-19(22-2)7-5-14)20-17-9-15-8-16(11-17)12-18(20)10-15;/h4-7,15-18,20H,3,8-13H2,1-2H3;1H. The molecule has 0 atom stereocenters. The molecule has 1 aromatic carbocycles. The summed E-state index contributed by atoms with van der Waals surface area (Å²) < 4.78 is 5.28. The van der Waals surface area contributed by atoms with Gasteiger partial charge in [0.05, 0.1) is 7.11 Å². The molecule has 0 aromatic heterocycles. The van der Waals surface area contributed by atoms with Gasteiger partial charge in [0.15, 0.2) is 0 Å². The van der Waals surface area contributed by atoms with Gasteiger partial charge in [0, 0.05) is 12.6 Å². The predicted octanol–water partition coefficient (Wildman–Crippen LogP) is 4.76. The van der Waals surface area contributed by atoms with Crippen LogP contribution in [0.15, 0.2) is 24.3 Å². The monoisotopic (exact) mass is 335 g/mol. The molecule has 0 spiro atoms. The maximum Gasteiger partial charge on any atom is 0.118 e. The quantitative estimate of drug-likeness (QED) is 0.769. The number of hydrogen-bond donors (Lipinski definition) is 0. The SMILES string of the molecule is CCN(Cc1ccc(OC)cc1)C1C2CC3CC(C2)CC1C3.Cl. The molecule has 4 bridgehead atoms. The van der Waals surface area contributed by atoms with Crippen molar-refractivity contribution in [2.24, 2.45) is 23.7 Å². The highest BCUT2D eigenvalue weighted by Crippen LogP contribution is 2.55. The van der Waals surface area contributed by atoms with Gasteiger partial charge in [0.25, 0.3) is 0 Å². The minimum atomic E-state index is 0. The molecule has 2 nitrogen and oxygen atoms in total. The van der Waals surface area contributed by atoms with Gasteiger partial charge in [-0.1, -0.05) is 19.1 Å². The number of halogens is 1. The van der Waals surface area contributed by atoms with Gasteiger partial charge in [0.1, 0.15) is 5.75 Å². The van der Waals surface area contributed by atoms with Gasteiger partial charge in [-0.15, -0.1) is 12.4 Å². The molecule has 128 valence electrons. The molecule has 3 heteroatoms. The van der Waals surface area contributed by atoms with E-state index in [1.54, 1.807) is 13.5 Å². The molecule has 4 aliphatic carbocycles. The number of nitrogens with zero attached hydrogens (tertiary/aromatic N) is 1. The summed E-state index contributed by atoms with van der Waals surface area (Å²) in [5, 5.41) is 0. The second-order valence-corrected chi connectivity index (χ2v) is 7.83. The molecule has 0 N–H and O–H groups in total. The van der Waals surface area contributed by atoms with Gasteiger partial charge in [-0.2, -0.15) is 0 Å². The Morgan fingerprint density at radius 3 is 2.00 bits per heavy atom. The molecule has 0 unspecified atom stereocenters. The van der Waals surface area contributed by atoms with E-state index in [9.17, 15) is 0 Å². The molecular formula is C20H30ClNO. The average molecular weight is 336 g/mol.